The molecule has 3 N–H and O–H groups in total. The standard InChI is InChI=1S/C12H11NO3.ClH/c14-11-6-2-3-8-9(11)4-1-5-10(8)13-7-12(15)16;/h1-6,13-14H,7H2,(H,15,16);1H. The molecular formula is C12H12ClNO3. The predicted octanol–water partition coefficient (Wildman–Crippen LogP) is 2.46. The van der Waals surface area contributed by atoms with Crippen molar-refractivity contribution in [2.45, 2.75) is 0 Å². The monoisotopic (exact) mass is 253 g/mol. The minimum absolute atomic E-state index is 0. The SMILES string of the molecule is Cl.O=C(O)CNc1cccc2c(O)cccc12. The third kappa shape index (κ3) is 2.79. The Balaban J connectivity index is 0.00000144. The van der Waals surface area contributed by atoms with Crippen molar-refractivity contribution in [1.29, 1.82) is 0 Å². The Bertz CT molecular complexity index is 542. The summed E-state index contributed by atoms with van der Waals surface area (Å²) in [7, 11) is 0. The quantitative estimate of drug-likeness (QED) is 0.786. The van der Waals surface area contributed by atoms with Crippen molar-refractivity contribution in [2.75, 3.05) is 11.9 Å². The summed E-state index contributed by atoms with van der Waals surface area (Å²) in [5.41, 5.74) is 0.704. The van der Waals surface area contributed by atoms with E-state index in [0.29, 0.717) is 11.1 Å². The summed E-state index contributed by atoms with van der Waals surface area (Å²) in [5, 5.41) is 22.5. The molecule has 0 radical (unpaired) electrons. The zero-order valence-electron chi connectivity index (χ0n) is 8.88. The molecule has 0 heterocycles. The van der Waals surface area contributed by atoms with E-state index in [-0.39, 0.29) is 24.7 Å². The van der Waals surface area contributed by atoms with Crippen LogP contribution >= 0.6 is 12.4 Å². The number of anilines is 1. The number of phenolic OH excluding ortho intramolecular Hbond substituents is 1. The first-order valence-electron chi connectivity index (χ1n) is 4.85. The van der Waals surface area contributed by atoms with E-state index in [2.05, 4.69) is 5.32 Å². The summed E-state index contributed by atoms with van der Waals surface area (Å²) in [6, 6.07) is 10.5. The molecule has 0 amide bonds. The Morgan fingerprint density at radius 3 is 2.47 bits per heavy atom. The second kappa shape index (κ2) is 5.41. The summed E-state index contributed by atoms with van der Waals surface area (Å²) in [6.45, 7) is -0.144. The minimum Gasteiger partial charge on any atom is -0.507 e. The second-order valence-electron chi connectivity index (χ2n) is 3.43. The van der Waals surface area contributed by atoms with Crippen molar-refractivity contribution in [2.24, 2.45) is 0 Å². The third-order valence-corrected chi connectivity index (χ3v) is 2.33. The Morgan fingerprint density at radius 1 is 1.12 bits per heavy atom. The first kappa shape index (κ1) is 13.1. The number of phenols is 1. The second-order valence-corrected chi connectivity index (χ2v) is 3.43. The Labute approximate surface area is 104 Å². The molecule has 90 valence electrons. The van der Waals surface area contributed by atoms with E-state index in [4.69, 9.17) is 5.11 Å². The van der Waals surface area contributed by atoms with Gasteiger partial charge in [0.25, 0.3) is 0 Å². The van der Waals surface area contributed by atoms with Crippen LogP contribution in [0.3, 0.4) is 0 Å². The lowest BCUT2D eigenvalue weighted by Gasteiger charge is -2.08. The fourth-order valence-corrected chi connectivity index (χ4v) is 1.62. The molecular weight excluding hydrogens is 242 g/mol. The van der Waals surface area contributed by atoms with Gasteiger partial charge in [-0.3, -0.25) is 4.79 Å². The van der Waals surface area contributed by atoms with Crippen LogP contribution in [0, 0.1) is 0 Å². The first-order valence-corrected chi connectivity index (χ1v) is 4.85. The molecule has 17 heavy (non-hydrogen) atoms. The van der Waals surface area contributed by atoms with Crippen LogP contribution in [0.4, 0.5) is 5.69 Å². The molecule has 0 spiro atoms. The normalized spacial score (nSPS) is 9.65. The summed E-state index contributed by atoms with van der Waals surface area (Å²) < 4.78 is 0. The van der Waals surface area contributed by atoms with Gasteiger partial charge in [0.2, 0.25) is 0 Å². The van der Waals surface area contributed by atoms with E-state index in [0.717, 1.165) is 5.39 Å². The number of carboxylic acids is 1. The molecule has 0 atom stereocenters. The number of fused-ring (bicyclic) bond motifs is 1. The highest BCUT2D eigenvalue weighted by molar-refractivity contribution is 5.98. The number of carboxylic acid groups (broad SMARTS) is 1. The van der Waals surface area contributed by atoms with Gasteiger partial charge in [-0.2, -0.15) is 0 Å². The lowest BCUT2D eigenvalue weighted by molar-refractivity contribution is -0.134. The zero-order valence-corrected chi connectivity index (χ0v) is 9.70. The maximum atomic E-state index is 10.5. The van der Waals surface area contributed by atoms with Crippen LogP contribution in [0.2, 0.25) is 0 Å². The van der Waals surface area contributed by atoms with Gasteiger partial charge in [0, 0.05) is 16.5 Å². The molecule has 2 aromatic carbocycles. The average Bonchev–Trinajstić information content (AvgIpc) is 2.27. The minimum atomic E-state index is -0.919. The number of benzene rings is 2. The fourth-order valence-electron chi connectivity index (χ4n) is 1.62. The van der Waals surface area contributed by atoms with Crippen LogP contribution in [0.25, 0.3) is 10.8 Å². The highest BCUT2D eigenvalue weighted by atomic mass is 35.5. The number of carbonyl (C=O) groups is 1. The summed E-state index contributed by atoms with van der Waals surface area (Å²) in [4.78, 5) is 10.5. The molecule has 0 fully saturated rings. The van der Waals surface area contributed by atoms with E-state index in [1.165, 1.54) is 0 Å². The molecule has 0 aliphatic heterocycles. The Hall–Kier alpha value is -1.94. The molecule has 0 aliphatic rings. The molecule has 0 saturated heterocycles. The molecule has 4 nitrogen and oxygen atoms in total. The largest absolute Gasteiger partial charge is 0.507 e. The van der Waals surface area contributed by atoms with Gasteiger partial charge in [-0.15, -0.1) is 12.4 Å². The van der Waals surface area contributed by atoms with Crippen molar-refractivity contribution < 1.29 is 15.0 Å². The Morgan fingerprint density at radius 2 is 1.76 bits per heavy atom. The van der Waals surface area contributed by atoms with Gasteiger partial charge >= 0.3 is 5.97 Å². The molecule has 0 bridgehead atoms. The number of aliphatic carboxylic acids is 1. The van der Waals surface area contributed by atoms with E-state index in [9.17, 15) is 9.90 Å². The fraction of sp³-hybridized carbons (Fsp3) is 0.0833. The van der Waals surface area contributed by atoms with Crippen molar-refractivity contribution >= 4 is 34.8 Å². The number of rotatable bonds is 3. The first-order chi connectivity index (χ1) is 7.68. The topological polar surface area (TPSA) is 69.6 Å². The van der Waals surface area contributed by atoms with Gasteiger partial charge in [0.15, 0.2) is 0 Å². The molecule has 2 rings (SSSR count). The van der Waals surface area contributed by atoms with Gasteiger partial charge in [0.1, 0.15) is 12.3 Å². The van der Waals surface area contributed by atoms with Gasteiger partial charge in [-0.05, 0) is 12.1 Å². The third-order valence-electron chi connectivity index (χ3n) is 2.33. The van der Waals surface area contributed by atoms with Crippen molar-refractivity contribution in [3.8, 4) is 5.75 Å². The van der Waals surface area contributed by atoms with Gasteiger partial charge < -0.3 is 15.5 Å². The molecule has 2 aromatic rings. The Kier molecular flexibility index (Phi) is 4.17. The number of nitrogens with one attached hydrogen (secondary N) is 1. The highest BCUT2D eigenvalue weighted by Gasteiger charge is 2.04. The number of halogens is 1. The smallest absolute Gasteiger partial charge is 0.322 e. The predicted molar refractivity (Wildman–Crippen MR) is 69.0 cm³/mol. The van der Waals surface area contributed by atoms with Gasteiger partial charge in [-0.1, -0.05) is 24.3 Å². The van der Waals surface area contributed by atoms with Crippen LogP contribution < -0.4 is 5.32 Å². The van der Waals surface area contributed by atoms with Crippen LogP contribution in [-0.4, -0.2) is 22.7 Å². The summed E-state index contributed by atoms with van der Waals surface area (Å²) in [5.74, 6) is -0.728. The summed E-state index contributed by atoms with van der Waals surface area (Å²) >= 11 is 0. The van der Waals surface area contributed by atoms with Crippen molar-refractivity contribution in [3.05, 3.63) is 36.4 Å². The molecule has 0 aromatic heterocycles. The van der Waals surface area contributed by atoms with E-state index >= 15 is 0 Å². The van der Waals surface area contributed by atoms with Crippen LogP contribution in [0.5, 0.6) is 5.75 Å². The number of aromatic hydroxyl groups is 1. The number of hydrogen-bond acceptors (Lipinski definition) is 3. The van der Waals surface area contributed by atoms with Crippen LogP contribution in [0.1, 0.15) is 0 Å². The average molecular weight is 254 g/mol. The van der Waals surface area contributed by atoms with Crippen molar-refractivity contribution in [1.82, 2.24) is 0 Å². The van der Waals surface area contributed by atoms with Crippen molar-refractivity contribution in [3.63, 3.8) is 0 Å². The number of hydrogen-bond donors (Lipinski definition) is 3. The molecule has 0 saturated carbocycles. The maximum absolute atomic E-state index is 10.5. The van der Waals surface area contributed by atoms with E-state index < -0.39 is 5.97 Å². The highest BCUT2D eigenvalue weighted by Crippen LogP contribution is 2.29. The van der Waals surface area contributed by atoms with Gasteiger partial charge in [-0.25, -0.2) is 0 Å². The lowest BCUT2D eigenvalue weighted by atomic mass is 10.1. The van der Waals surface area contributed by atoms with E-state index in [1.54, 1.807) is 30.3 Å². The van der Waals surface area contributed by atoms with Gasteiger partial charge in [0.05, 0.1) is 0 Å². The molecule has 5 heteroatoms. The molecule has 0 unspecified atom stereocenters. The van der Waals surface area contributed by atoms with E-state index in [1.807, 2.05) is 6.07 Å². The summed E-state index contributed by atoms with van der Waals surface area (Å²) in [6.07, 6.45) is 0. The molecule has 0 aliphatic carbocycles. The maximum Gasteiger partial charge on any atom is 0.322 e. The van der Waals surface area contributed by atoms with Crippen LogP contribution in [0.15, 0.2) is 36.4 Å². The van der Waals surface area contributed by atoms with Crippen LogP contribution in [-0.2, 0) is 4.79 Å². The lowest BCUT2D eigenvalue weighted by Crippen LogP contribution is -2.12. The zero-order chi connectivity index (χ0) is 11.5.